The van der Waals surface area contributed by atoms with Crippen LogP contribution in [-0.4, -0.2) is 18.8 Å². The predicted octanol–water partition coefficient (Wildman–Crippen LogP) is 7.84. The van der Waals surface area contributed by atoms with E-state index in [0.717, 1.165) is 40.8 Å². The summed E-state index contributed by atoms with van der Waals surface area (Å²) in [5.41, 5.74) is 3.73. The van der Waals surface area contributed by atoms with E-state index in [9.17, 15) is 5.21 Å². The summed E-state index contributed by atoms with van der Waals surface area (Å²) in [5, 5.41) is 13.2. The highest BCUT2D eigenvalue weighted by Gasteiger charge is 2.33. The van der Waals surface area contributed by atoms with Crippen LogP contribution in [0.4, 0.5) is 0 Å². The molecule has 0 amide bonds. The minimum atomic E-state index is 0.410. The first-order valence-corrected chi connectivity index (χ1v) is 11.0. The molecule has 2 atom stereocenters. The van der Waals surface area contributed by atoms with Gasteiger partial charge in [0.25, 0.3) is 0 Å². The highest BCUT2D eigenvalue weighted by Crippen LogP contribution is 2.30. The zero-order valence-electron chi connectivity index (χ0n) is 20.5. The molecule has 0 bridgehead atoms. The summed E-state index contributed by atoms with van der Waals surface area (Å²) in [7, 11) is 0. The largest absolute Gasteiger partial charge is 0.498 e. The van der Waals surface area contributed by atoms with Crippen molar-refractivity contribution in [3.05, 3.63) is 38.5 Å². The maximum Gasteiger partial charge on any atom is 0.337 e. The molecular formula is C24H45NO3. The first-order valence-electron chi connectivity index (χ1n) is 11.0. The molecule has 4 nitrogen and oxygen atoms in total. The van der Waals surface area contributed by atoms with Gasteiger partial charge in [-0.05, 0) is 51.7 Å². The lowest BCUT2D eigenvalue weighted by molar-refractivity contribution is 0.289. The van der Waals surface area contributed by atoms with E-state index in [-0.39, 0.29) is 0 Å². The number of aryl methyl sites for hydroxylation is 2. The van der Waals surface area contributed by atoms with Crippen molar-refractivity contribution in [3.8, 4) is 11.8 Å². The van der Waals surface area contributed by atoms with Crippen LogP contribution in [-0.2, 0) is 4.74 Å². The van der Waals surface area contributed by atoms with Gasteiger partial charge in [-0.1, -0.05) is 61.5 Å². The zero-order valence-corrected chi connectivity index (χ0v) is 20.5. The fourth-order valence-corrected chi connectivity index (χ4v) is 2.60. The van der Waals surface area contributed by atoms with Crippen molar-refractivity contribution in [2.24, 2.45) is 0 Å². The third-order valence-corrected chi connectivity index (χ3v) is 3.77. The fraction of sp³-hybridized carbons (Fsp3) is 0.708. The SMILES string of the molecule is CC.CC.CC.CC.Cc1cc(C)c(OCCCC2OC2C)c(C)c1C#[N+][O-]. The van der Waals surface area contributed by atoms with Crippen molar-refractivity contribution in [2.75, 3.05) is 6.61 Å². The minimum Gasteiger partial charge on any atom is -0.498 e. The Labute approximate surface area is 175 Å². The molecule has 1 aromatic rings. The van der Waals surface area contributed by atoms with Gasteiger partial charge in [-0.2, -0.15) is 0 Å². The molecule has 2 unspecified atom stereocenters. The summed E-state index contributed by atoms with van der Waals surface area (Å²) in [5.74, 6) is 0.839. The average molecular weight is 396 g/mol. The molecular weight excluding hydrogens is 350 g/mol. The average Bonchev–Trinajstić information content (AvgIpc) is 3.45. The van der Waals surface area contributed by atoms with Crippen LogP contribution < -0.4 is 4.74 Å². The molecule has 0 aliphatic carbocycles. The van der Waals surface area contributed by atoms with Gasteiger partial charge >= 0.3 is 6.07 Å². The lowest BCUT2D eigenvalue weighted by Gasteiger charge is -2.14. The summed E-state index contributed by atoms with van der Waals surface area (Å²) in [6.45, 7) is 24.6. The van der Waals surface area contributed by atoms with Gasteiger partial charge in [-0.3, -0.25) is 0 Å². The molecule has 1 aromatic carbocycles. The summed E-state index contributed by atoms with van der Waals surface area (Å²) in [6.07, 6.45) is 2.82. The lowest BCUT2D eigenvalue weighted by atomic mass is 9.99. The second kappa shape index (κ2) is 20.0. The monoisotopic (exact) mass is 395 g/mol. The molecule has 1 aliphatic heterocycles. The maximum absolute atomic E-state index is 10.4. The van der Waals surface area contributed by atoms with Gasteiger partial charge in [0.1, 0.15) is 11.3 Å². The molecule has 28 heavy (non-hydrogen) atoms. The summed E-state index contributed by atoms with van der Waals surface area (Å²) in [4.78, 5) is 0. The van der Waals surface area contributed by atoms with Gasteiger partial charge in [0.05, 0.1) is 18.8 Å². The molecule has 0 saturated carbocycles. The predicted molar refractivity (Wildman–Crippen MR) is 125 cm³/mol. The smallest absolute Gasteiger partial charge is 0.337 e. The van der Waals surface area contributed by atoms with Crippen molar-refractivity contribution < 1.29 is 9.47 Å². The van der Waals surface area contributed by atoms with E-state index in [4.69, 9.17) is 9.47 Å². The Hall–Kier alpha value is -1.73. The third-order valence-electron chi connectivity index (χ3n) is 3.77. The van der Waals surface area contributed by atoms with E-state index in [1.165, 1.54) is 0 Å². The zero-order chi connectivity index (χ0) is 22.7. The Bertz CT molecular complexity index is 559. The maximum atomic E-state index is 10.4. The number of nitrogens with zero attached hydrogens (tertiary/aromatic N) is 1. The van der Waals surface area contributed by atoms with E-state index in [1.54, 1.807) is 0 Å². The number of epoxide rings is 1. The van der Waals surface area contributed by atoms with Crippen LogP contribution in [0, 0.1) is 32.0 Å². The lowest BCUT2D eigenvalue weighted by Crippen LogP contribution is -2.04. The van der Waals surface area contributed by atoms with Gasteiger partial charge in [0.2, 0.25) is 0 Å². The normalized spacial score (nSPS) is 15.3. The molecule has 2 rings (SSSR count). The molecule has 1 heterocycles. The van der Waals surface area contributed by atoms with E-state index in [1.807, 2.05) is 82.2 Å². The van der Waals surface area contributed by atoms with Crippen LogP contribution >= 0.6 is 0 Å². The van der Waals surface area contributed by atoms with Crippen molar-refractivity contribution >= 4 is 0 Å². The Morgan fingerprint density at radius 2 is 1.50 bits per heavy atom. The molecule has 0 aromatic heterocycles. The molecule has 1 fully saturated rings. The van der Waals surface area contributed by atoms with Gasteiger partial charge in [0.15, 0.2) is 0 Å². The summed E-state index contributed by atoms with van der Waals surface area (Å²) < 4.78 is 11.3. The first kappa shape index (κ1) is 31.0. The Balaban J connectivity index is -0.000000695. The van der Waals surface area contributed by atoms with E-state index < -0.39 is 0 Å². The van der Waals surface area contributed by atoms with Crippen LogP contribution in [0.25, 0.3) is 5.01 Å². The fourth-order valence-electron chi connectivity index (χ4n) is 2.60. The van der Waals surface area contributed by atoms with Crippen molar-refractivity contribution in [3.63, 3.8) is 0 Å². The Morgan fingerprint density at radius 3 is 1.93 bits per heavy atom. The summed E-state index contributed by atoms with van der Waals surface area (Å²) in [6, 6.07) is 4.51. The molecule has 4 heteroatoms. The number of hydrogen-bond donors (Lipinski definition) is 0. The highest BCUT2D eigenvalue weighted by molar-refractivity contribution is 5.55. The number of hydrogen-bond acceptors (Lipinski definition) is 3. The number of benzene rings is 1. The topological polar surface area (TPSA) is 49.2 Å². The Morgan fingerprint density at radius 1 is 1.00 bits per heavy atom. The van der Waals surface area contributed by atoms with Crippen molar-refractivity contribution in [1.82, 2.24) is 0 Å². The summed E-state index contributed by atoms with van der Waals surface area (Å²) >= 11 is 0. The van der Waals surface area contributed by atoms with Crippen LogP contribution in [0.15, 0.2) is 6.07 Å². The van der Waals surface area contributed by atoms with Crippen LogP contribution in [0.2, 0.25) is 0 Å². The second-order valence-corrected chi connectivity index (χ2v) is 5.41. The van der Waals surface area contributed by atoms with Crippen LogP contribution in [0.5, 0.6) is 5.75 Å². The number of ether oxygens (including phenoxy) is 2. The van der Waals surface area contributed by atoms with Gasteiger partial charge in [-0.25, -0.2) is 0 Å². The highest BCUT2D eigenvalue weighted by atomic mass is 16.6. The number of rotatable bonds is 5. The van der Waals surface area contributed by atoms with Crippen molar-refractivity contribution in [1.29, 1.82) is 0 Å². The molecule has 0 spiro atoms. The van der Waals surface area contributed by atoms with Crippen LogP contribution in [0.3, 0.4) is 0 Å². The molecule has 0 radical (unpaired) electrons. The third kappa shape index (κ3) is 11.2. The van der Waals surface area contributed by atoms with E-state index in [0.29, 0.717) is 18.8 Å². The minimum absolute atomic E-state index is 0.410. The quantitative estimate of drug-likeness (QED) is 0.290. The van der Waals surface area contributed by atoms with E-state index in [2.05, 4.69) is 18.0 Å². The van der Waals surface area contributed by atoms with Gasteiger partial charge in [0, 0.05) is 10.6 Å². The van der Waals surface area contributed by atoms with Crippen LogP contribution in [0.1, 0.15) is 97.4 Å². The molecule has 1 aliphatic rings. The van der Waals surface area contributed by atoms with Gasteiger partial charge in [-0.15, -0.1) is 0 Å². The second-order valence-electron chi connectivity index (χ2n) is 5.41. The van der Waals surface area contributed by atoms with E-state index >= 15 is 0 Å². The van der Waals surface area contributed by atoms with Crippen molar-refractivity contribution in [2.45, 2.75) is 108 Å². The van der Waals surface area contributed by atoms with Gasteiger partial charge < -0.3 is 14.7 Å². The Kier molecular flexibility index (Phi) is 22.1. The molecule has 0 N–H and O–H groups in total. The first-order chi connectivity index (χ1) is 13.5. The standard InChI is InChI=1S/C16H21NO3.4C2H6/c1-10-8-11(2)16(12(3)14(10)9-17-18)19-7-5-6-15-13(4)20-15;4*1-2/h8,13,15H,5-7H2,1-4H3;4*1-2H3. The molecule has 164 valence electrons. The molecule has 1 saturated heterocycles.